The Balaban J connectivity index is 1.76. The van der Waals surface area contributed by atoms with Gasteiger partial charge < -0.3 is 4.98 Å². The van der Waals surface area contributed by atoms with Crippen LogP contribution in [0.15, 0.2) is 75.6 Å². The number of nitrogens with zero attached hydrogens (tertiary/aromatic N) is 1. The molecule has 1 aromatic heterocycles. The molecule has 142 valence electrons. The molecule has 0 aliphatic heterocycles. The summed E-state index contributed by atoms with van der Waals surface area (Å²) in [5, 5.41) is 0.728. The summed E-state index contributed by atoms with van der Waals surface area (Å²) in [5.74, 6) is 0.279. The highest BCUT2D eigenvalue weighted by molar-refractivity contribution is 6.30. The zero-order valence-electron chi connectivity index (χ0n) is 16.1. The molecule has 3 nitrogen and oxygen atoms in total. The molecule has 4 rings (SSSR count). The molecule has 0 amide bonds. The summed E-state index contributed by atoms with van der Waals surface area (Å²) in [6.45, 7) is 4.26. The number of nitrogens with one attached hydrogen (secondary N) is 1. The monoisotopic (exact) mass is 390 g/mol. The maximum absolute atomic E-state index is 11.9. The maximum Gasteiger partial charge on any atom is 0.248 e. The van der Waals surface area contributed by atoms with Gasteiger partial charge in [0.05, 0.1) is 0 Å². The van der Waals surface area contributed by atoms with Crippen LogP contribution in [0.1, 0.15) is 37.1 Å². The number of hydrogen-bond acceptors (Lipinski definition) is 2. The van der Waals surface area contributed by atoms with Gasteiger partial charge in [0.25, 0.3) is 0 Å². The van der Waals surface area contributed by atoms with Crippen LogP contribution >= 0.6 is 11.6 Å². The van der Waals surface area contributed by atoms with Crippen molar-refractivity contribution in [1.29, 1.82) is 0 Å². The number of aliphatic imine (C=N–C) groups is 1. The van der Waals surface area contributed by atoms with E-state index >= 15 is 0 Å². The van der Waals surface area contributed by atoms with E-state index in [1.165, 1.54) is 11.1 Å². The lowest BCUT2D eigenvalue weighted by Crippen LogP contribution is -2.40. The van der Waals surface area contributed by atoms with Gasteiger partial charge in [-0.25, -0.2) is 0 Å². The Bertz CT molecular complexity index is 1070. The summed E-state index contributed by atoms with van der Waals surface area (Å²) in [6.07, 6.45) is 12.0. The van der Waals surface area contributed by atoms with Crippen LogP contribution < -0.4 is 5.56 Å². The second-order valence-electron chi connectivity index (χ2n) is 7.51. The van der Waals surface area contributed by atoms with E-state index in [0.717, 1.165) is 34.7 Å². The normalized spacial score (nSPS) is 25.3. The summed E-state index contributed by atoms with van der Waals surface area (Å²) >= 11 is 5.95. The summed E-state index contributed by atoms with van der Waals surface area (Å²) < 4.78 is 0. The largest absolute Gasteiger partial charge is 0.326 e. The molecule has 0 radical (unpaired) electrons. The number of halogens is 1. The molecule has 1 aromatic carbocycles. The fourth-order valence-electron chi connectivity index (χ4n) is 4.55. The van der Waals surface area contributed by atoms with E-state index in [4.69, 9.17) is 16.6 Å². The lowest BCUT2D eigenvalue weighted by Gasteiger charge is -2.45. The molecule has 28 heavy (non-hydrogen) atoms. The van der Waals surface area contributed by atoms with Crippen molar-refractivity contribution in [3.05, 3.63) is 98.0 Å². The van der Waals surface area contributed by atoms with Gasteiger partial charge in [0.2, 0.25) is 5.56 Å². The molecule has 2 aromatic rings. The van der Waals surface area contributed by atoms with Crippen molar-refractivity contribution in [2.24, 2.45) is 10.9 Å². The van der Waals surface area contributed by atoms with Crippen LogP contribution in [0.25, 0.3) is 6.08 Å². The average molecular weight is 391 g/mol. The van der Waals surface area contributed by atoms with Gasteiger partial charge in [0, 0.05) is 40.9 Å². The Morgan fingerprint density at radius 3 is 2.75 bits per heavy atom. The molecule has 2 atom stereocenters. The second-order valence-corrected chi connectivity index (χ2v) is 7.94. The Labute approximate surface area is 170 Å². The van der Waals surface area contributed by atoms with Gasteiger partial charge in [-0.2, -0.15) is 0 Å². The van der Waals surface area contributed by atoms with Crippen molar-refractivity contribution in [2.45, 2.75) is 32.2 Å². The number of hydrogen-bond donors (Lipinski definition) is 1. The van der Waals surface area contributed by atoms with Crippen LogP contribution in [0.4, 0.5) is 0 Å². The zero-order valence-corrected chi connectivity index (χ0v) is 16.8. The van der Waals surface area contributed by atoms with Gasteiger partial charge in [-0.3, -0.25) is 9.79 Å². The van der Waals surface area contributed by atoms with Crippen molar-refractivity contribution in [3.8, 4) is 0 Å². The first-order chi connectivity index (χ1) is 13.5. The van der Waals surface area contributed by atoms with Crippen molar-refractivity contribution < 1.29 is 0 Å². The lowest BCUT2D eigenvalue weighted by molar-refractivity contribution is 0.413. The number of allylic oxidation sites excluding steroid dienone is 3. The number of pyridine rings is 1. The van der Waals surface area contributed by atoms with Crippen LogP contribution in [-0.2, 0) is 12.0 Å². The first-order valence-corrected chi connectivity index (χ1v) is 9.94. The van der Waals surface area contributed by atoms with Crippen LogP contribution in [0.2, 0.25) is 5.02 Å². The van der Waals surface area contributed by atoms with Gasteiger partial charge in [0.15, 0.2) is 0 Å². The lowest BCUT2D eigenvalue weighted by atomic mass is 9.63. The third kappa shape index (κ3) is 3.31. The summed E-state index contributed by atoms with van der Waals surface area (Å²) in [5.41, 5.74) is 5.35. The molecule has 1 N–H and O–H groups in total. The summed E-state index contributed by atoms with van der Waals surface area (Å²) in [4.78, 5) is 20.0. The maximum atomic E-state index is 11.9. The predicted molar refractivity (Wildman–Crippen MR) is 117 cm³/mol. The van der Waals surface area contributed by atoms with E-state index in [1.54, 1.807) is 6.07 Å². The summed E-state index contributed by atoms with van der Waals surface area (Å²) in [7, 11) is 0. The molecule has 2 aliphatic rings. The molecule has 2 bridgehead atoms. The molecule has 0 saturated carbocycles. The second kappa shape index (κ2) is 7.40. The van der Waals surface area contributed by atoms with Gasteiger partial charge in [-0.15, -0.1) is 0 Å². The Hall–Kier alpha value is -2.65. The highest BCUT2D eigenvalue weighted by atomic mass is 35.5. The molecule has 4 heteroatoms. The topological polar surface area (TPSA) is 45.2 Å². The van der Waals surface area contributed by atoms with E-state index in [1.807, 2.05) is 48.7 Å². The van der Waals surface area contributed by atoms with Crippen molar-refractivity contribution >= 4 is 23.9 Å². The van der Waals surface area contributed by atoms with E-state index in [-0.39, 0.29) is 11.5 Å². The first-order valence-electron chi connectivity index (χ1n) is 9.56. The van der Waals surface area contributed by atoms with E-state index in [9.17, 15) is 4.79 Å². The first kappa shape index (κ1) is 18.7. The molecule has 0 unspecified atom stereocenters. The highest BCUT2D eigenvalue weighted by Gasteiger charge is 2.46. The van der Waals surface area contributed by atoms with E-state index < -0.39 is 5.54 Å². The number of aromatic nitrogens is 1. The van der Waals surface area contributed by atoms with Crippen LogP contribution in [0.3, 0.4) is 0 Å². The average Bonchev–Trinajstić information content (AvgIpc) is 2.66. The number of aromatic amines is 1. The highest BCUT2D eigenvalue weighted by Crippen LogP contribution is 2.51. The van der Waals surface area contributed by atoms with Crippen LogP contribution in [0, 0.1) is 5.92 Å². The third-order valence-corrected chi connectivity index (χ3v) is 5.87. The van der Waals surface area contributed by atoms with Crippen LogP contribution in [0.5, 0.6) is 0 Å². The van der Waals surface area contributed by atoms with Gasteiger partial charge >= 0.3 is 0 Å². The molecule has 0 saturated heterocycles. The summed E-state index contributed by atoms with van der Waals surface area (Å²) in [6, 6.07) is 11.3. The molecule has 1 heterocycles. The molecular formula is C24H23ClN2O. The Morgan fingerprint density at radius 2 is 2.00 bits per heavy atom. The van der Waals surface area contributed by atoms with Gasteiger partial charge in [-0.1, -0.05) is 47.5 Å². The SMILES string of the molecule is CC=C1[C@H]2C=C(C)C[C@]1(N=C/C=C/c1ccc(Cl)cc1)c1ccc(=O)[nH]c1C2. The van der Waals surface area contributed by atoms with Crippen molar-refractivity contribution in [2.75, 3.05) is 0 Å². The Morgan fingerprint density at radius 1 is 1.21 bits per heavy atom. The van der Waals surface area contributed by atoms with Crippen LogP contribution in [-0.4, -0.2) is 11.2 Å². The fraction of sp³-hybridized carbons (Fsp3) is 0.250. The number of fused-ring (bicyclic) bond motifs is 4. The quantitative estimate of drug-likeness (QED) is 0.547. The Kier molecular flexibility index (Phi) is 4.94. The third-order valence-electron chi connectivity index (χ3n) is 5.62. The predicted octanol–water partition coefficient (Wildman–Crippen LogP) is 5.48. The molecule has 2 aliphatic carbocycles. The van der Waals surface area contributed by atoms with Crippen molar-refractivity contribution in [1.82, 2.24) is 4.98 Å². The number of rotatable bonds is 3. The minimum atomic E-state index is -0.444. The van der Waals surface area contributed by atoms with E-state index in [0.29, 0.717) is 0 Å². The minimum Gasteiger partial charge on any atom is -0.326 e. The van der Waals surface area contributed by atoms with Gasteiger partial charge in [0.1, 0.15) is 5.54 Å². The van der Waals surface area contributed by atoms with Crippen molar-refractivity contribution in [3.63, 3.8) is 0 Å². The molecule has 0 spiro atoms. The molecular weight excluding hydrogens is 368 g/mol. The number of benzene rings is 1. The fourth-order valence-corrected chi connectivity index (χ4v) is 4.68. The molecule has 0 fully saturated rings. The van der Waals surface area contributed by atoms with Gasteiger partial charge in [-0.05, 0) is 55.7 Å². The number of H-pyrrole nitrogens is 1. The van der Waals surface area contributed by atoms with E-state index in [2.05, 4.69) is 31.0 Å². The standard InChI is InChI=1S/C24H23ClN2O/c1-3-20-18-13-16(2)15-24(20,21-10-11-23(28)27-22(21)14-18)26-12-4-5-17-6-8-19(25)9-7-17/h3-13,18H,14-15H2,1-2H3,(H,27,28)/b5-4+,20-3?,26-12?/t18-,24+/m0/s1. The smallest absolute Gasteiger partial charge is 0.248 e. The zero-order chi connectivity index (χ0) is 19.7. The minimum absolute atomic E-state index is 0.0526.